The highest BCUT2D eigenvalue weighted by atomic mass is 79.9. The van der Waals surface area contributed by atoms with Crippen LogP contribution in [0.4, 0.5) is 5.69 Å². The van der Waals surface area contributed by atoms with Gasteiger partial charge >= 0.3 is 0 Å². The van der Waals surface area contributed by atoms with Crippen molar-refractivity contribution in [3.05, 3.63) is 21.6 Å². The van der Waals surface area contributed by atoms with Crippen molar-refractivity contribution < 1.29 is 13.2 Å². The van der Waals surface area contributed by atoms with Gasteiger partial charge in [0, 0.05) is 33.0 Å². The summed E-state index contributed by atoms with van der Waals surface area (Å²) in [5, 5.41) is 9.92. The quantitative estimate of drug-likeness (QED) is 0.418. The first kappa shape index (κ1) is 16.9. The van der Waals surface area contributed by atoms with Gasteiger partial charge in [-0.05, 0) is 39.8 Å². The molecule has 10 heteroatoms. The van der Waals surface area contributed by atoms with E-state index < -0.39 is 14.3 Å². The normalized spacial score (nSPS) is 18.9. The SMILES string of the molecule is N#CSc1cc(Cl)c(N2CC(S(=O)(=O)Cl)CC2=O)cc1Br. The fourth-order valence-corrected chi connectivity index (χ4v) is 4.31. The molecule has 21 heavy (non-hydrogen) atoms. The second-order valence-corrected chi connectivity index (χ2v) is 9.23. The maximum atomic E-state index is 12.0. The maximum Gasteiger partial charge on any atom is 0.237 e. The lowest BCUT2D eigenvalue weighted by Gasteiger charge is -2.19. The zero-order chi connectivity index (χ0) is 15.8. The van der Waals surface area contributed by atoms with Crippen LogP contribution >= 0.6 is 50.0 Å². The fraction of sp³-hybridized carbons (Fsp3) is 0.273. The Kier molecular flexibility index (Phi) is 5.11. The number of hydrogen-bond donors (Lipinski definition) is 0. The second kappa shape index (κ2) is 6.34. The average molecular weight is 430 g/mol. The van der Waals surface area contributed by atoms with E-state index in [1.165, 1.54) is 4.90 Å². The van der Waals surface area contributed by atoms with E-state index in [1.807, 2.05) is 5.40 Å². The monoisotopic (exact) mass is 428 g/mol. The number of anilines is 1. The molecule has 0 N–H and O–H groups in total. The molecule has 0 radical (unpaired) electrons. The lowest BCUT2D eigenvalue weighted by Crippen LogP contribution is -2.27. The summed E-state index contributed by atoms with van der Waals surface area (Å²) >= 11 is 10.3. The van der Waals surface area contributed by atoms with Crippen molar-refractivity contribution >= 4 is 70.6 Å². The van der Waals surface area contributed by atoms with Gasteiger partial charge in [-0.15, -0.1) is 0 Å². The van der Waals surface area contributed by atoms with Crippen LogP contribution in [0.25, 0.3) is 0 Å². The van der Waals surface area contributed by atoms with Gasteiger partial charge in [0.2, 0.25) is 15.0 Å². The van der Waals surface area contributed by atoms with Crippen LogP contribution in [0.2, 0.25) is 5.02 Å². The molecule has 1 fully saturated rings. The third-order valence-corrected chi connectivity index (χ3v) is 6.67. The van der Waals surface area contributed by atoms with Crippen molar-refractivity contribution in [2.24, 2.45) is 0 Å². The highest BCUT2D eigenvalue weighted by Gasteiger charge is 2.38. The number of rotatable bonds is 3. The molecular formula is C11H7BrCl2N2O3S2. The van der Waals surface area contributed by atoms with E-state index in [-0.39, 0.29) is 23.9 Å². The predicted octanol–water partition coefficient (Wildman–Crippen LogP) is 3.35. The minimum Gasteiger partial charge on any atom is -0.309 e. The first-order chi connectivity index (χ1) is 9.74. The molecule has 0 bridgehead atoms. The number of amides is 1. The van der Waals surface area contributed by atoms with E-state index >= 15 is 0 Å². The maximum absolute atomic E-state index is 12.0. The van der Waals surface area contributed by atoms with Gasteiger partial charge in [-0.3, -0.25) is 4.79 Å². The molecule has 1 aliphatic heterocycles. The highest BCUT2D eigenvalue weighted by molar-refractivity contribution is 9.10. The summed E-state index contributed by atoms with van der Waals surface area (Å²) in [6, 6.07) is 3.13. The van der Waals surface area contributed by atoms with E-state index in [4.69, 9.17) is 27.5 Å². The third-order valence-electron chi connectivity index (χ3n) is 2.94. The molecule has 1 atom stereocenters. The Bertz CT molecular complexity index is 749. The number of thiocyanates is 1. The summed E-state index contributed by atoms with van der Waals surface area (Å²) in [4.78, 5) is 13.9. The number of hydrogen-bond acceptors (Lipinski definition) is 5. The van der Waals surface area contributed by atoms with Crippen molar-refractivity contribution in [3.63, 3.8) is 0 Å². The lowest BCUT2D eigenvalue weighted by molar-refractivity contribution is -0.117. The number of halogens is 3. The largest absolute Gasteiger partial charge is 0.309 e. The molecule has 1 heterocycles. The number of thioether (sulfide) groups is 1. The van der Waals surface area contributed by atoms with E-state index in [9.17, 15) is 13.2 Å². The van der Waals surface area contributed by atoms with E-state index in [0.29, 0.717) is 15.1 Å². The van der Waals surface area contributed by atoms with Crippen molar-refractivity contribution in [3.8, 4) is 5.40 Å². The molecule has 2 rings (SSSR count). The highest BCUT2D eigenvalue weighted by Crippen LogP contribution is 2.38. The molecule has 0 saturated carbocycles. The molecular weight excluding hydrogens is 423 g/mol. The Morgan fingerprint density at radius 3 is 2.67 bits per heavy atom. The van der Waals surface area contributed by atoms with Crippen LogP contribution in [0, 0.1) is 10.7 Å². The molecule has 112 valence electrons. The van der Waals surface area contributed by atoms with Crippen molar-refractivity contribution in [1.29, 1.82) is 5.26 Å². The summed E-state index contributed by atoms with van der Waals surface area (Å²) in [6.45, 7) is -0.0401. The van der Waals surface area contributed by atoms with E-state index in [0.717, 1.165) is 11.8 Å². The average Bonchev–Trinajstić information content (AvgIpc) is 2.76. The minimum absolute atomic E-state index is 0.0401. The number of nitrogens with zero attached hydrogens (tertiary/aromatic N) is 2. The summed E-state index contributed by atoms with van der Waals surface area (Å²) in [5.41, 5.74) is 0.388. The molecule has 1 aliphatic rings. The van der Waals surface area contributed by atoms with Crippen LogP contribution in [-0.2, 0) is 13.8 Å². The first-order valence-corrected chi connectivity index (χ1v) is 9.89. The zero-order valence-electron chi connectivity index (χ0n) is 10.2. The summed E-state index contributed by atoms with van der Waals surface area (Å²) in [6.07, 6.45) is -0.172. The molecule has 1 amide bonds. The van der Waals surface area contributed by atoms with Crippen molar-refractivity contribution in [2.45, 2.75) is 16.6 Å². The zero-order valence-corrected chi connectivity index (χ0v) is 14.9. The molecule has 1 aromatic rings. The van der Waals surface area contributed by atoms with Gasteiger partial charge in [0.1, 0.15) is 10.7 Å². The smallest absolute Gasteiger partial charge is 0.237 e. The van der Waals surface area contributed by atoms with Crippen LogP contribution in [0.5, 0.6) is 0 Å². The molecule has 1 unspecified atom stereocenters. The number of carbonyl (C=O) groups is 1. The van der Waals surface area contributed by atoms with Gasteiger partial charge < -0.3 is 4.90 Å². The Balaban J connectivity index is 2.38. The Morgan fingerprint density at radius 2 is 2.14 bits per heavy atom. The van der Waals surface area contributed by atoms with Gasteiger partial charge in [-0.2, -0.15) is 5.26 Å². The van der Waals surface area contributed by atoms with Crippen LogP contribution in [0.15, 0.2) is 21.5 Å². The van der Waals surface area contributed by atoms with Gasteiger partial charge in [0.25, 0.3) is 0 Å². The Hall–Kier alpha value is -0.460. The molecule has 1 aromatic carbocycles. The van der Waals surface area contributed by atoms with Gasteiger partial charge in [-0.1, -0.05) is 11.6 Å². The summed E-state index contributed by atoms with van der Waals surface area (Å²) in [7, 11) is 1.50. The first-order valence-electron chi connectivity index (χ1n) is 5.53. The Labute approximate surface area is 143 Å². The van der Waals surface area contributed by atoms with Gasteiger partial charge in [0.05, 0.1) is 10.7 Å². The van der Waals surface area contributed by atoms with Crippen molar-refractivity contribution in [2.75, 3.05) is 11.4 Å². The lowest BCUT2D eigenvalue weighted by atomic mass is 10.3. The molecule has 0 aliphatic carbocycles. The molecule has 1 saturated heterocycles. The predicted molar refractivity (Wildman–Crippen MR) is 86.2 cm³/mol. The standard InChI is InChI=1S/C11H7BrCl2N2O3S2/c12-7-2-9(8(13)3-10(7)20-5-15)16-4-6(1-11(16)17)21(14,18)19/h2-3,6H,1,4H2. The van der Waals surface area contributed by atoms with Gasteiger partial charge in [-0.25, -0.2) is 8.42 Å². The fourth-order valence-electron chi connectivity index (χ4n) is 1.95. The van der Waals surface area contributed by atoms with Crippen LogP contribution in [0.3, 0.4) is 0 Å². The number of benzene rings is 1. The Morgan fingerprint density at radius 1 is 1.48 bits per heavy atom. The van der Waals surface area contributed by atoms with E-state index in [1.54, 1.807) is 12.1 Å². The van der Waals surface area contributed by atoms with Crippen LogP contribution < -0.4 is 4.90 Å². The number of carbonyl (C=O) groups excluding carboxylic acids is 1. The molecule has 5 nitrogen and oxygen atoms in total. The topological polar surface area (TPSA) is 78.2 Å². The minimum atomic E-state index is -3.81. The second-order valence-electron chi connectivity index (χ2n) is 4.23. The summed E-state index contributed by atoms with van der Waals surface area (Å²) < 4.78 is 23.3. The molecule has 0 spiro atoms. The van der Waals surface area contributed by atoms with Crippen LogP contribution in [0.1, 0.15) is 6.42 Å². The summed E-state index contributed by atoms with van der Waals surface area (Å²) in [5.74, 6) is -0.362. The number of nitriles is 1. The van der Waals surface area contributed by atoms with Gasteiger partial charge in [0.15, 0.2) is 0 Å². The molecule has 0 aromatic heterocycles. The third kappa shape index (κ3) is 3.66. The van der Waals surface area contributed by atoms with E-state index in [2.05, 4.69) is 15.9 Å². The van der Waals surface area contributed by atoms with Crippen molar-refractivity contribution in [1.82, 2.24) is 0 Å². The van der Waals surface area contributed by atoms with Crippen LogP contribution in [-0.4, -0.2) is 26.1 Å².